The summed E-state index contributed by atoms with van der Waals surface area (Å²) in [4.78, 5) is 25.6. The second kappa shape index (κ2) is 9.07. The molecule has 1 N–H and O–H groups in total. The van der Waals surface area contributed by atoms with Gasteiger partial charge in [0.2, 0.25) is 10.0 Å². The zero-order valence-corrected chi connectivity index (χ0v) is 19.4. The summed E-state index contributed by atoms with van der Waals surface area (Å²) in [6, 6.07) is 8.54. The maximum Gasteiger partial charge on any atom is 0.348 e. The normalized spacial score (nSPS) is 15.1. The van der Waals surface area contributed by atoms with Crippen LogP contribution in [0.1, 0.15) is 45.5 Å². The molecule has 7 nitrogen and oxygen atoms in total. The van der Waals surface area contributed by atoms with Crippen LogP contribution in [0.25, 0.3) is 10.1 Å². The Balaban J connectivity index is 1.56. The molecule has 0 bridgehead atoms. The van der Waals surface area contributed by atoms with E-state index in [9.17, 15) is 18.0 Å². The number of esters is 1. The van der Waals surface area contributed by atoms with Crippen molar-refractivity contribution in [3.8, 4) is 0 Å². The molecule has 2 aromatic heterocycles. The Morgan fingerprint density at radius 2 is 1.90 bits per heavy atom. The molecule has 1 amide bonds. The summed E-state index contributed by atoms with van der Waals surface area (Å²) >= 11 is 2.43. The maximum absolute atomic E-state index is 13.0. The van der Waals surface area contributed by atoms with Crippen molar-refractivity contribution < 1.29 is 22.7 Å². The third-order valence-electron chi connectivity index (χ3n) is 5.02. The fraction of sp³-hybridized carbons (Fsp3) is 0.333. The first-order valence-electron chi connectivity index (χ1n) is 10.00. The van der Waals surface area contributed by atoms with Gasteiger partial charge >= 0.3 is 5.97 Å². The molecule has 31 heavy (non-hydrogen) atoms. The fourth-order valence-corrected chi connectivity index (χ4v) is 7.27. The minimum Gasteiger partial charge on any atom is -0.462 e. The first-order chi connectivity index (χ1) is 14.9. The Morgan fingerprint density at radius 3 is 2.65 bits per heavy atom. The molecule has 0 radical (unpaired) electrons. The van der Waals surface area contributed by atoms with E-state index in [-0.39, 0.29) is 15.7 Å². The van der Waals surface area contributed by atoms with E-state index in [0.717, 1.165) is 40.7 Å². The van der Waals surface area contributed by atoms with Crippen LogP contribution in [-0.2, 0) is 14.8 Å². The van der Waals surface area contributed by atoms with Crippen LogP contribution < -0.4 is 5.32 Å². The van der Waals surface area contributed by atoms with E-state index in [2.05, 4.69) is 5.32 Å². The van der Waals surface area contributed by atoms with Crippen molar-refractivity contribution in [3.05, 3.63) is 45.5 Å². The van der Waals surface area contributed by atoms with Crippen molar-refractivity contribution in [2.75, 3.05) is 25.0 Å². The number of piperidine rings is 1. The Kier molecular flexibility index (Phi) is 6.42. The molecule has 0 spiro atoms. The van der Waals surface area contributed by atoms with Gasteiger partial charge in [-0.2, -0.15) is 4.31 Å². The van der Waals surface area contributed by atoms with E-state index >= 15 is 0 Å². The van der Waals surface area contributed by atoms with Crippen LogP contribution >= 0.6 is 22.7 Å². The van der Waals surface area contributed by atoms with Crippen molar-refractivity contribution in [1.29, 1.82) is 0 Å². The number of fused-ring (bicyclic) bond motifs is 1. The van der Waals surface area contributed by atoms with Crippen LogP contribution in [0.5, 0.6) is 0 Å². The van der Waals surface area contributed by atoms with Gasteiger partial charge in [-0.15, -0.1) is 22.7 Å². The average Bonchev–Trinajstić information content (AvgIpc) is 3.42. The third-order valence-corrected chi connectivity index (χ3v) is 9.10. The van der Waals surface area contributed by atoms with Gasteiger partial charge in [0.25, 0.3) is 5.91 Å². The molecule has 0 aliphatic carbocycles. The summed E-state index contributed by atoms with van der Waals surface area (Å²) in [6.07, 6.45) is 2.69. The molecule has 1 aliphatic heterocycles. The smallest absolute Gasteiger partial charge is 0.348 e. The molecule has 0 unspecified atom stereocenters. The molecule has 1 aromatic carbocycles. The summed E-state index contributed by atoms with van der Waals surface area (Å²) in [5, 5.41) is 5.22. The highest BCUT2D eigenvalue weighted by Gasteiger charge is 2.31. The van der Waals surface area contributed by atoms with Gasteiger partial charge in [0, 0.05) is 23.5 Å². The van der Waals surface area contributed by atoms with Gasteiger partial charge < -0.3 is 10.1 Å². The third kappa shape index (κ3) is 4.52. The van der Waals surface area contributed by atoms with Gasteiger partial charge in [-0.3, -0.25) is 4.79 Å². The fourth-order valence-electron chi connectivity index (χ4n) is 3.52. The second-order valence-electron chi connectivity index (χ2n) is 7.12. The van der Waals surface area contributed by atoms with Crippen molar-refractivity contribution in [2.45, 2.75) is 31.1 Å². The number of ether oxygens (including phenoxy) is 1. The van der Waals surface area contributed by atoms with E-state index in [0.29, 0.717) is 30.3 Å². The summed E-state index contributed by atoms with van der Waals surface area (Å²) in [7, 11) is -3.70. The predicted octanol–water partition coefficient (Wildman–Crippen LogP) is 4.57. The highest BCUT2D eigenvalue weighted by Crippen LogP contribution is 2.31. The maximum atomic E-state index is 13.0. The molecule has 10 heteroatoms. The van der Waals surface area contributed by atoms with Gasteiger partial charge in [-0.05, 0) is 60.9 Å². The Morgan fingerprint density at radius 1 is 1.13 bits per heavy atom. The molecule has 3 heterocycles. The number of carbonyl (C=O) groups is 2. The van der Waals surface area contributed by atoms with Crippen molar-refractivity contribution >= 4 is 60.3 Å². The molecule has 1 fully saturated rings. The lowest BCUT2D eigenvalue weighted by molar-refractivity contribution is 0.0532. The highest BCUT2D eigenvalue weighted by molar-refractivity contribution is 7.89. The van der Waals surface area contributed by atoms with Crippen LogP contribution in [0, 0.1) is 0 Å². The molecule has 0 saturated carbocycles. The molecule has 1 aliphatic rings. The van der Waals surface area contributed by atoms with E-state index in [1.807, 2.05) is 6.07 Å². The molecule has 1 saturated heterocycles. The van der Waals surface area contributed by atoms with E-state index in [4.69, 9.17) is 4.74 Å². The predicted molar refractivity (Wildman–Crippen MR) is 123 cm³/mol. The van der Waals surface area contributed by atoms with E-state index < -0.39 is 15.9 Å². The number of benzene rings is 1. The van der Waals surface area contributed by atoms with Crippen LogP contribution in [0.2, 0.25) is 0 Å². The average molecular weight is 479 g/mol. The number of hydrogen-bond acceptors (Lipinski definition) is 7. The number of rotatable bonds is 6. The SMILES string of the molecule is CCOC(=O)c1cc2cc(NC(=O)c3sccc3S(=O)(=O)N3CCCCC3)ccc2s1. The van der Waals surface area contributed by atoms with Gasteiger partial charge in [0.1, 0.15) is 14.6 Å². The van der Waals surface area contributed by atoms with Crippen molar-refractivity contribution in [3.63, 3.8) is 0 Å². The Hall–Kier alpha value is -2.27. The minimum atomic E-state index is -3.70. The lowest BCUT2D eigenvalue weighted by atomic mass is 10.2. The number of nitrogens with zero attached hydrogens (tertiary/aromatic N) is 1. The van der Waals surface area contributed by atoms with Crippen molar-refractivity contribution in [2.24, 2.45) is 0 Å². The molecular weight excluding hydrogens is 456 g/mol. The largest absolute Gasteiger partial charge is 0.462 e. The quantitative estimate of drug-likeness (QED) is 0.524. The zero-order valence-electron chi connectivity index (χ0n) is 16.9. The van der Waals surface area contributed by atoms with Crippen LogP contribution in [0.4, 0.5) is 5.69 Å². The molecular formula is C21H22N2O5S3. The summed E-state index contributed by atoms with van der Waals surface area (Å²) < 4.78 is 33.5. The topological polar surface area (TPSA) is 92.8 Å². The molecule has 3 aromatic rings. The molecule has 0 atom stereocenters. The number of anilines is 1. The number of hydrogen-bond donors (Lipinski definition) is 1. The zero-order chi connectivity index (χ0) is 22.0. The van der Waals surface area contributed by atoms with E-state index in [1.54, 1.807) is 30.5 Å². The summed E-state index contributed by atoms with van der Waals surface area (Å²) in [6.45, 7) is 3.02. The van der Waals surface area contributed by atoms with Gasteiger partial charge in [-0.1, -0.05) is 6.42 Å². The number of thiophene rings is 2. The number of nitrogens with one attached hydrogen (secondary N) is 1. The standard InChI is InChI=1S/C21H22N2O5S3/c1-2-28-21(25)17-13-14-12-15(6-7-16(14)30-17)22-20(24)19-18(8-11-29-19)31(26,27)23-9-4-3-5-10-23/h6-8,11-13H,2-5,9-10H2,1H3,(H,22,24). The van der Waals surface area contributed by atoms with Crippen LogP contribution in [0.3, 0.4) is 0 Å². The second-order valence-corrected chi connectivity index (χ2v) is 11.0. The van der Waals surface area contributed by atoms with Gasteiger partial charge in [0.15, 0.2) is 0 Å². The first kappa shape index (κ1) is 21.9. The van der Waals surface area contributed by atoms with Gasteiger partial charge in [-0.25, -0.2) is 13.2 Å². The van der Waals surface area contributed by atoms with Gasteiger partial charge in [0.05, 0.1) is 6.61 Å². The van der Waals surface area contributed by atoms with Crippen molar-refractivity contribution in [1.82, 2.24) is 4.31 Å². The molecule has 164 valence electrons. The minimum absolute atomic E-state index is 0.0538. The lowest BCUT2D eigenvalue weighted by Gasteiger charge is -2.25. The van der Waals surface area contributed by atoms with E-state index in [1.165, 1.54) is 21.7 Å². The summed E-state index contributed by atoms with van der Waals surface area (Å²) in [5.41, 5.74) is 0.528. The number of carbonyl (C=O) groups excluding carboxylic acids is 2. The Bertz CT molecular complexity index is 1220. The number of amides is 1. The monoisotopic (exact) mass is 478 g/mol. The highest BCUT2D eigenvalue weighted by atomic mass is 32.2. The summed E-state index contributed by atoms with van der Waals surface area (Å²) in [5.74, 6) is -0.841. The number of sulfonamides is 1. The van der Waals surface area contributed by atoms with Crippen LogP contribution in [0.15, 0.2) is 40.6 Å². The molecule has 4 rings (SSSR count). The Labute approximate surface area is 188 Å². The van der Waals surface area contributed by atoms with Crippen LogP contribution in [-0.4, -0.2) is 44.3 Å². The first-order valence-corrected chi connectivity index (χ1v) is 13.1. The lowest BCUT2D eigenvalue weighted by Crippen LogP contribution is -2.36.